The lowest BCUT2D eigenvalue weighted by Crippen LogP contribution is -2.05. The summed E-state index contributed by atoms with van der Waals surface area (Å²) in [6.45, 7) is 0.652. The summed E-state index contributed by atoms with van der Waals surface area (Å²) in [5.74, 6) is 0.510. The van der Waals surface area contributed by atoms with Gasteiger partial charge in [-0.1, -0.05) is 41.9 Å². The zero-order chi connectivity index (χ0) is 9.97. The molecule has 72 valence electrons. The number of hydrogen-bond donors (Lipinski definition) is 1. The average Bonchev–Trinajstić information content (AvgIpc) is 2.52. The van der Waals surface area contributed by atoms with Crippen molar-refractivity contribution in [1.82, 2.24) is 9.78 Å². The first-order valence-corrected chi connectivity index (χ1v) is 4.66. The van der Waals surface area contributed by atoms with Crippen molar-refractivity contribution in [3.8, 4) is 0 Å². The van der Waals surface area contributed by atoms with E-state index in [0.29, 0.717) is 17.4 Å². The van der Waals surface area contributed by atoms with Gasteiger partial charge in [-0.3, -0.25) is 0 Å². The summed E-state index contributed by atoms with van der Waals surface area (Å²) in [6, 6.07) is 9.99. The first kappa shape index (κ1) is 9.09. The van der Waals surface area contributed by atoms with Crippen LogP contribution in [0.5, 0.6) is 0 Å². The van der Waals surface area contributed by atoms with E-state index in [1.54, 1.807) is 10.9 Å². The van der Waals surface area contributed by atoms with E-state index in [-0.39, 0.29) is 0 Å². The molecule has 1 heterocycles. The molecule has 0 amide bonds. The molecule has 2 N–H and O–H groups in total. The molecule has 3 nitrogen and oxygen atoms in total. The van der Waals surface area contributed by atoms with Crippen molar-refractivity contribution >= 4 is 17.4 Å². The lowest BCUT2D eigenvalue weighted by molar-refractivity contribution is 0.697. The van der Waals surface area contributed by atoms with Crippen LogP contribution in [0.2, 0.25) is 5.02 Å². The Kier molecular flexibility index (Phi) is 2.41. The van der Waals surface area contributed by atoms with E-state index in [4.69, 9.17) is 17.3 Å². The third kappa shape index (κ3) is 1.72. The van der Waals surface area contributed by atoms with Crippen molar-refractivity contribution in [2.75, 3.05) is 5.73 Å². The Labute approximate surface area is 87.1 Å². The number of nitrogens with zero attached hydrogens (tertiary/aromatic N) is 2. The monoisotopic (exact) mass is 207 g/mol. The average molecular weight is 208 g/mol. The van der Waals surface area contributed by atoms with Crippen molar-refractivity contribution < 1.29 is 0 Å². The second kappa shape index (κ2) is 3.72. The Morgan fingerprint density at radius 2 is 2.00 bits per heavy atom. The van der Waals surface area contributed by atoms with E-state index in [2.05, 4.69) is 5.10 Å². The molecule has 0 aliphatic heterocycles. The highest BCUT2D eigenvalue weighted by atomic mass is 35.5. The van der Waals surface area contributed by atoms with E-state index in [9.17, 15) is 0 Å². The number of nitrogen functional groups attached to an aromatic ring is 1. The molecule has 0 saturated heterocycles. The third-order valence-electron chi connectivity index (χ3n) is 2.01. The quantitative estimate of drug-likeness (QED) is 0.820. The molecule has 0 aliphatic rings. The summed E-state index contributed by atoms with van der Waals surface area (Å²) in [4.78, 5) is 0. The lowest BCUT2D eigenvalue weighted by atomic mass is 10.2. The minimum Gasteiger partial charge on any atom is -0.383 e. The van der Waals surface area contributed by atoms with Crippen molar-refractivity contribution in [3.63, 3.8) is 0 Å². The predicted molar refractivity (Wildman–Crippen MR) is 57.2 cm³/mol. The Balaban J connectivity index is 2.23. The van der Waals surface area contributed by atoms with Gasteiger partial charge in [-0.05, 0) is 5.56 Å². The number of hydrogen-bond acceptors (Lipinski definition) is 2. The molecule has 4 heteroatoms. The molecule has 1 aromatic carbocycles. The van der Waals surface area contributed by atoms with Crippen LogP contribution in [0.25, 0.3) is 0 Å². The minimum absolute atomic E-state index is 0.501. The number of anilines is 1. The number of benzene rings is 1. The molecule has 0 fully saturated rings. The molecule has 14 heavy (non-hydrogen) atoms. The summed E-state index contributed by atoms with van der Waals surface area (Å²) in [5.41, 5.74) is 6.87. The number of rotatable bonds is 2. The highest BCUT2D eigenvalue weighted by Gasteiger charge is 2.04. The molecule has 0 spiro atoms. The summed E-state index contributed by atoms with van der Waals surface area (Å²) in [7, 11) is 0. The van der Waals surface area contributed by atoms with Gasteiger partial charge in [-0.15, -0.1) is 0 Å². The van der Waals surface area contributed by atoms with Crippen LogP contribution in [0.1, 0.15) is 5.56 Å². The molecule has 0 unspecified atom stereocenters. The second-order valence-electron chi connectivity index (χ2n) is 3.02. The van der Waals surface area contributed by atoms with E-state index in [0.717, 1.165) is 5.56 Å². The van der Waals surface area contributed by atoms with Crippen LogP contribution in [0, 0.1) is 0 Å². The zero-order valence-electron chi connectivity index (χ0n) is 7.52. The summed E-state index contributed by atoms with van der Waals surface area (Å²) in [5, 5.41) is 4.57. The standard InChI is InChI=1S/C10H10ClN3/c11-9-6-13-14(10(9)12)7-8-4-2-1-3-5-8/h1-6H,7,12H2. The normalized spacial score (nSPS) is 10.4. The van der Waals surface area contributed by atoms with E-state index < -0.39 is 0 Å². The van der Waals surface area contributed by atoms with Gasteiger partial charge < -0.3 is 5.73 Å². The van der Waals surface area contributed by atoms with Gasteiger partial charge in [0.25, 0.3) is 0 Å². The molecular weight excluding hydrogens is 198 g/mol. The molecule has 2 aromatic rings. The van der Waals surface area contributed by atoms with Gasteiger partial charge >= 0.3 is 0 Å². The highest BCUT2D eigenvalue weighted by molar-refractivity contribution is 6.32. The molecule has 1 aromatic heterocycles. The van der Waals surface area contributed by atoms with Gasteiger partial charge in [0.1, 0.15) is 10.8 Å². The predicted octanol–water partition coefficient (Wildman–Crippen LogP) is 2.17. The van der Waals surface area contributed by atoms with Crippen LogP contribution in [-0.4, -0.2) is 9.78 Å². The molecule has 0 atom stereocenters. The van der Waals surface area contributed by atoms with Crippen molar-refractivity contribution in [2.24, 2.45) is 0 Å². The largest absolute Gasteiger partial charge is 0.383 e. The molecular formula is C10H10ClN3. The van der Waals surface area contributed by atoms with Gasteiger partial charge in [-0.2, -0.15) is 5.10 Å². The molecule has 2 rings (SSSR count). The minimum atomic E-state index is 0.501. The van der Waals surface area contributed by atoms with Gasteiger partial charge in [0.15, 0.2) is 0 Å². The third-order valence-corrected chi connectivity index (χ3v) is 2.30. The van der Waals surface area contributed by atoms with Crippen LogP contribution in [0.15, 0.2) is 36.5 Å². The van der Waals surface area contributed by atoms with E-state index in [1.165, 1.54) is 0 Å². The van der Waals surface area contributed by atoms with Gasteiger partial charge in [0.2, 0.25) is 0 Å². The van der Waals surface area contributed by atoms with Gasteiger partial charge in [0.05, 0.1) is 12.7 Å². The maximum Gasteiger partial charge on any atom is 0.140 e. The van der Waals surface area contributed by atoms with Crippen LogP contribution in [0.3, 0.4) is 0 Å². The molecule has 0 saturated carbocycles. The lowest BCUT2D eigenvalue weighted by Gasteiger charge is -2.03. The first-order chi connectivity index (χ1) is 6.77. The fraction of sp³-hybridized carbons (Fsp3) is 0.100. The smallest absolute Gasteiger partial charge is 0.140 e. The molecule has 0 bridgehead atoms. The Morgan fingerprint density at radius 1 is 1.29 bits per heavy atom. The number of nitrogens with two attached hydrogens (primary N) is 1. The van der Waals surface area contributed by atoms with E-state index in [1.807, 2.05) is 30.3 Å². The highest BCUT2D eigenvalue weighted by Crippen LogP contribution is 2.17. The van der Waals surface area contributed by atoms with Crippen molar-refractivity contribution in [1.29, 1.82) is 0 Å². The SMILES string of the molecule is Nc1c(Cl)cnn1Cc1ccccc1. The molecule has 0 aliphatic carbocycles. The van der Waals surface area contributed by atoms with Crippen molar-refractivity contribution in [3.05, 3.63) is 47.1 Å². The first-order valence-electron chi connectivity index (χ1n) is 4.28. The van der Waals surface area contributed by atoms with Crippen molar-refractivity contribution in [2.45, 2.75) is 6.54 Å². The maximum absolute atomic E-state index is 5.79. The fourth-order valence-electron chi connectivity index (χ4n) is 1.25. The summed E-state index contributed by atoms with van der Waals surface area (Å²) in [6.07, 6.45) is 1.56. The zero-order valence-corrected chi connectivity index (χ0v) is 8.28. The number of aromatic nitrogens is 2. The number of halogens is 1. The molecule has 0 radical (unpaired) electrons. The second-order valence-corrected chi connectivity index (χ2v) is 3.43. The topological polar surface area (TPSA) is 43.8 Å². The van der Waals surface area contributed by atoms with Gasteiger partial charge in [0, 0.05) is 0 Å². The van der Waals surface area contributed by atoms with Gasteiger partial charge in [-0.25, -0.2) is 4.68 Å². The van der Waals surface area contributed by atoms with Crippen LogP contribution in [0.4, 0.5) is 5.82 Å². The van der Waals surface area contributed by atoms with Crippen LogP contribution in [-0.2, 0) is 6.54 Å². The summed E-state index contributed by atoms with van der Waals surface area (Å²) >= 11 is 5.79. The van der Waals surface area contributed by atoms with E-state index >= 15 is 0 Å². The Bertz CT molecular complexity index is 422. The Hall–Kier alpha value is -1.48. The Morgan fingerprint density at radius 3 is 2.57 bits per heavy atom. The van der Waals surface area contributed by atoms with Crippen LogP contribution < -0.4 is 5.73 Å². The fourth-order valence-corrected chi connectivity index (χ4v) is 1.40. The van der Waals surface area contributed by atoms with Crippen LogP contribution >= 0.6 is 11.6 Å². The maximum atomic E-state index is 5.79. The summed E-state index contributed by atoms with van der Waals surface area (Å²) < 4.78 is 1.68.